The number of rotatable bonds is 44. The summed E-state index contributed by atoms with van der Waals surface area (Å²) in [6.07, 6.45) is 62.8. The largest absolute Gasteiger partial charge is 0.462 e. The van der Waals surface area contributed by atoms with Crippen molar-refractivity contribution in [2.75, 3.05) is 13.2 Å². The second kappa shape index (κ2) is 49.2. The molecule has 6 heteroatoms. The third kappa shape index (κ3) is 47.5. The Balaban J connectivity index is 4.49. The van der Waals surface area contributed by atoms with Crippen LogP contribution < -0.4 is 0 Å². The van der Waals surface area contributed by atoms with Gasteiger partial charge in [0.05, 0.1) is 0 Å². The van der Waals surface area contributed by atoms with Gasteiger partial charge in [-0.05, 0) is 89.9 Å². The van der Waals surface area contributed by atoms with Crippen molar-refractivity contribution in [1.29, 1.82) is 0 Å². The Hall–Kier alpha value is -3.41. The summed E-state index contributed by atoms with van der Waals surface area (Å²) in [7, 11) is 0. The van der Waals surface area contributed by atoms with E-state index in [0.29, 0.717) is 19.3 Å². The second-order valence-corrected chi connectivity index (χ2v) is 16.3. The Kier molecular flexibility index (Phi) is 46.5. The van der Waals surface area contributed by atoms with E-state index in [1.807, 2.05) is 0 Å². The molecule has 0 heterocycles. The van der Waals surface area contributed by atoms with Gasteiger partial charge in [0, 0.05) is 19.3 Å². The van der Waals surface area contributed by atoms with E-state index in [9.17, 15) is 14.4 Å². The van der Waals surface area contributed by atoms with Crippen molar-refractivity contribution in [3.05, 3.63) is 85.1 Å². The molecule has 0 bridgehead atoms. The minimum Gasteiger partial charge on any atom is -0.462 e. The van der Waals surface area contributed by atoms with E-state index >= 15 is 0 Å². The number of carbonyl (C=O) groups excluding carboxylic acids is 3. The minimum atomic E-state index is -0.804. The molecule has 0 radical (unpaired) electrons. The number of allylic oxidation sites excluding steroid dienone is 14. The molecule has 0 N–H and O–H groups in total. The molecular weight excluding hydrogens is 757 g/mol. The van der Waals surface area contributed by atoms with Crippen LogP contribution in [0.15, 0.2) is 85.1 Å². The molecule has 0 aromatic rings. The fourth-order valence-electron chi connectivity index (χ4n) is 6.62. The van der Waals surface area contributed by atoms with Gasteiger partial charge in [0.15, 0.2) is 6.10 Å². The van der Waals surface area contributed by atoms with Crippen molar-refractivity contribution >= 4 is 17.9 Å². The zero-order valence-electron chi connectivity index (χ0n) is 39.7. The third-order valence-electron chi connectivity index (χ3n) is 10.4. The van der Waals surface area contributed by atoms with Crippen LogP contribution in [0.4, 0.5) is 0 Å². The van der Waals surface area contributed by atoms with Gasteiger partial charge in [0.25, 0.3) is 0 Å². The van der Waals surface area contributed by atoms with Gasteiger partial charge < -0.3 is 14.2 Å². The first-order chi connectivity index (χ1) is 30.0. The van der Waals surface area contributed by atoms with E-state index in [1.54, 1.807) is 0 Å². The maximum atomic E-state index is 12.8. The summed E-state index contributed by atoms with van der Waals surface area (Å²) in [5.74, 6) is -0.977. The highest BCUT2D eigenvalue weighted by molar-refractivity contribution is 5.71. The lowest BCUT2D eigenvalue weighted by Gasteiger charge is -2.18. The highest BCUT2D eigenvalue weighted by Crippen LogP contribution is 2.14. The Bertz CT molecular complexity index is 1200. The van der Waals surface area contributed by atoms with Crippen LogP contribution in [0.25, 0.3) is 0 Å². The monoisotopic (exact) mass is 849 g/mol. The van der Waals surface area contributed by atoms with Crippen molar-refractivity contribution < 1.29 is 28.6 Å². The Labute approximate surface area is 375 Å². The third-order valence-corrected chi connectivity index (χ3v) is 10.4. The van der Waals surface area contributed by atoms with Crippen LogP contribution in [-0.2, 0) is 28.6 Å². The van der Waals surface area contributed by atoms with Crippen LogP contribution in [0.2, 0.25) is 0 Å². The van der Waals surface area contributed by atoms with Gasteiger partial charge in [-0.3, -0.25) is 14.4 Å². The first-order valence-corrected chi connectivity index (χ1v) is 25.1. The molecule has 0 unspecified atom stereocenters. The zero-order chi connectivity index (χ0) is 44.4. The first-order valence-electron chi connectivity index (χ1n) is 25.1. The molecule has 0 aliphatic carbocycles. The number of unbranched alkanes of at least 4 members (excludes halogenated alkanes) is 19. The van der Waals surface area contributed by atoms with Crippen molar-refractivity contribution in [2.24, 2.45) is 0 Å². The molecule has 0 aliphatic rings. The summed E-state index contributed by atoms with van der Waals surface area (Å²) in [5.41, 5.74) is 0. The number of hydrogen-bond acceptors (Lipinski definition) is 6. The summed E-state index contributed by atoms with van der Waals surface area (Å²) in [6, 6.07) is 0. The predicted molar refractivity (Wildman–Crippen MR) is 261 cm³/mol. The van der Waals surface area contributed by atoms with Crippen molar-refractivity contribution in [3.63, 3.8) is 0 Å². The summed E-state index contributed by atoms with van der Waals surface area (Å²) >= 11 is 0. The summed E-state index contributed by atoms with van der Waals surface area (Å²) in [4.78, 5) is 37.9. The first kappa shape index (κ1) is 57.6. The van der Waals surface area contributed by atoms with Gasteiger partial charge in [-0.1, -0.05) is 202 Å². The SMILES string of the molecule is CC/C=C\C/C=C\C/C=C\C/C=C\C/C=C\CCCC(=O)OC[C@H](COC(=O)CCCCCCCCCCCCC)OC(=O)CCCCCCC/C=C\C/C=C\CCCCC. The highest BCUT2D eigenvalue weighted by Gasteiger charge is 2.19. The van der Waals surface area contributed by atoms with Crippen molar-refractivity contribution in [3.8, 4) is 0 Å². The molecule has 0 aromatic carbocycles. The fourth-order valence-corrected chi connectivity index (χ4v) is 6.62. The molecular formula is C55H92O6. The smallest absolute Gasteiger partial charge is 0.306 e. The molecule has 348 valence electrons. The Morgan fingerprint density at radius 3 is 1.10 bits per heavy atom. The number of ether oxygens (including phenoxy) is 3. The van der Waals surface area contributed by atoms with Crippen LogP contribution in [0.5, 0.6) is 0 Å². The molecule has 6 nitrogen and oxygen atoms in total. The van der Waals surface area contributed by atoms with E-state index in [1.165, 1.54) is 77.0 Å². The number of esters is 3. The second-order valence-electron chi connectivity index (χ2n) is 16.3. The summed E-state index contributed by atoms with van der Waals surface area (Å²) in [5, 5.41) is 0. The van der Waals surface area contributed by atoms with E-state index in [-0.39, 0.29) is 37.5 Å². The van der Waals surface area contributed by atoms with Gasteiger partial charge in [0.2, 0.25) is 0 Å². The van der Waals surface area contributed by atoms with Crippen LogP contribution in [0.1, 0.15) is 226 Å². The molecule has 0 spiro atoms. The Morgan fingerprint density at radius 2 is 0.656 bits per heavy atom. The maximum Gasteiger partial charge on any atom is 0.306 e. The van der Waals surface area contributed by atoms with Crippen LogP contribution >= 0.6 is 0 Å². The van der Waals surface area contributed by atoms with Crippen molar-refractivity contribution in [2.45, 2.75) is 232 Å². The van der Waals surface area contributed by atoms with Crippen LogP contribution in [0, 0.1) is 0 Å². The van der Waals surface area contributed by atoms with Crippen molar-refractivity contribution in [1.82, 2.24) is 0 Å². The molecule has 0 aromatic heterocycles. The van der Waals surface area contributed by atoms with Gasteiger partial charge >= 0.3 is 17.9 Å². The number of carbonyl (C=O) groups is 3. The lowest BCUT2D eigenvalue weighted by molar-refractivity contribution is -0.167. The lowest BCUT2D eigenvalue weighted by Crippen LogP contribution is -2.30. The summed E-state index contributed by atoms with van der Waals surface area (Å²) < 4.78 is 16.7. The van der Waals surface area contributed by atoms with Crippen LogP contribution in [0.3, 0.4) is 0 Å². The van der Waals surface area contributed by atoms with E-state index in [4.69, 9.17) is 14.2 Å². The average Bonchev–Trinajstić information content (AvgIpc) is 3.26. The number of hydrogen-bond donors (Lipinski definition) is 0. The lowest BCUT2D eigenvalue weighted by atomic mass is 10.1. The Morgan fingerprint density at radius 1 is 0.344 bits per heavy atom. The quantitative estimate of drug-likeness (QED) is 0.0263. The average molecular weight is 849 g/mol. The van der Waals surface area contributed by atoms with Gasteiger partial charge in [-0.15, -0.1) is 0 Å². The normalized spacial score (nSPS) is 12.8. The van der Waals surface area contributed by atoms with Gasteiger partial charge in [-0.2, -0.15) is 0 Å². The van der Waals surface area contributed by atoms with E-state index in [0.717, 1.165) is 103 Å². The topological polar surface area (TPSA) is 78.9 Å². The maximum absolute atomic E-state index is 12.8. The minimum absolute atomic E-state index is 0.0991. The molecule has 0 fully saturated rings. The van der Waals surface area contributed by atoms with Gasteiger partial charge in [-0.25, -0.2) is 0 Å². The fraction of sp³-hybridized carbons (Fsp3) is 0.691. The van der Waals surface area contributed by atoms with Gasteiger partial charge in [0.1, 0.15) is 13.2 Å². The molecule has 1 atom stereocenters. The molecule has 61 heavy (non-hydrogen) atoms. The van der Waals surface area contributed by atoms with E-state index < -0.39 is 6.10 Å². The predicted octanol–water partition coefficient (Wildman–Crippen LogP) is 16.4. The molecule has 0 saturated carbocycles. The standard InChI is InChI=1S/C55H92O6/c1-4-7-10-13-16-19-22-24-26-27-29-30-33-36-39-42-45-48-54(57)60-51-52(50-59-53(56)47-44-41-38-35-32-21-18-15-12-9-6-3)61-55(58)49-46-43-40-37-34-31-28-25-23-20-17-14-11-8-5-2/h7,10,16-17,19-20,24-26,28-30,36,39,52H,4-6,8-9,11-15,18,21-23,27,31-35,37-38,40-51H2,1-3H3/b10-7-,19-16-,20-17-,26-24-,28-25-,30-29-,39-36-/t52-/m0/s1. The van der Waals surface area contributed by atoms with Crippen LogP contribution in [-0.4, -0.2) is 37.2 Å². The molecule has 0 rings (SSSR count). The molecule has 0 aliphatic heterocycles. The molecule has 0 amide bonds. The van der Waals surface area contributed by atoms with E-state index in [2.05, 4.69) is 106 Å². The zero-order valence-corrected chi connectivity index (χ0v) is 39.7. The molecule has 0 saturated heterocycles. The summed E-state index contributed by atoms with van der Waals surface area (Å²) in [6.45, 7) is 6.42. The highest BCUT2D eigenvalue weighted by atomic mass is 16.6.